The van der Waals surface area contributed by atoms with Gasteiger partial charge in [-0.3, -0.25) is 0 Å². The van der Waals surface area contributed by atoms with Crippen LogP contribution in [0.5, 0.6) is 0 Å². The van der Waals surface area contributed by atoms with Crippen LogP contribution in [-0.4, -0.2) is 27.1 Å². The Bertz CT molecular complexity index is 214. The molecule has 0 aliphatic rings. The van der Waals surface area contributed by atoms with Gasteiger partial charge in [0.1, 0.15) is 6.61 Å². The van der Waals surface area contributed by atoms with Crippen LogP contribution in [0.4, 0.5) is 0 Å². The summed E-state index contributed by atoms with van der Waals surface area (Å²) in [5.74, 6) is 0.863. The zero-order valence-electron chi connectivity index (χ0n) is 10.9. The molecule has 3 nitrogen and oxygen atoms in total. The number of hydrogen-bond acceptors (Lipinski definition) is 3. The van der Waals surface area contributed by atoms with E-state index < -0.39 is 8.32 Å². The van der Waals surface area contributed by atoms with Crippen molar-refractivity contribution in [2.24, 2.45) is 5.73 Å². The lowest BCUT2D eigenvalue weighted by Gasteiger charge is -2.18. The van der Waals surface area contributed by atoms with E-state index >= 15 is 0 Å². The minimum absolute atomic E-state index is 0.316. The Kier molecular flexibility index (Phi) is 5.55. The molecule has 0 atom stereocenters. The number of allylic oxidation sites excluding steroid dienone is 1. The van der Waals surface area contributed by atoms with Gasteiger partial charge in [0, 0.05) is 5.54 Å². The van der Waals surface area contributed by atoms with Crippen molar-refractivity contribution in [1.29, 1.82) is 0 Å². The van der Waals surface area contributed by atoms with Crippen molar-refractivity contribution in [1.82, 2.24) is 0 Å². The third-order valence-electron chi connectivity index (χ3n) is 1.52. The van der Waals surface area contributed by atoms with Gasteiger partial charge in [0.25, 0.3) is 0 Å². The predicted molar refractivity (Wildman–Crippen MR) is 67.3 cm³/mol. The quantitative estimate of drug-likeness (QED) is 0.434. The Labute approximate surface area is 94.8 Å². The molecular weight excluding hydrogens is 206 g/mol. The number of ether oxygens (including phenoxy) is 1. The molecule has 0 aromatic carbocycles. The summed E-state index contributed by atoms with van der Waals surface area (Å²) in [6, 6.07) is 0. The Balaban J connectivity index is 3.74. The Hall–Kier alpha value is -0.323. The van der Waals surface area contributed by atoms with Gasteiger partial charge in [-0.2, -0.15) is 0 Å². The van der Waals surface area contributed by atoms with Crippen LogP contribution < -0.4 is 5.73 Å². The van der Waals surface area contributed by atoms with Crippen LogP contribution in [0, 0.1) is 0 Å². The summed E-state index contributed by atoms with van der Waals surface area (Å²) in [6.45, 7) is 13.6. The van der Waals surface area contributed by atoms with E-state index in [-0.39, 0.29) is 5.54 Å². The van der Waals surface area contributed by atoms with Crippen molar-refractivity contribution < 1.29 is 9.16 Å². The molecule has 0 amide bonds. The third-order valence-corrected chi connectivity index (χ3v) is 2.59. The average molecular weight is 231 g/mol. The Morgan fingerprint density at radius 1 is 1.27 bits per heavy atom. The molecule has 0 unspecified atom stereocenters. The first kappa shape index (κ1) is 14.7. The summed E-state index contributed by atoms with van der Waals surface area (Å²) in [7, 11) is -1.40. The molecule has 4 heteroatoms. The van der Waals surface area contributed by atoms with Gasteiger partial charge in [-0.1, -0.05) is 0 Å². The van der Waals surface area contributed by atoms with E-state index in [4.69, 9.17) is 14.9 Å². The normalized spacial score (nSPS) is 14.2. The molecule has 15 heavy (non-hydrogen) atoms. The fourth-order valence-corrected chi connectivity index (χ4v) is 1.81. The summed E-state index contributed by atoms with van der Waals surface area (Å²) in [5, 5.41) is 0. The second-order valence-electron chi connectivity index (χ2n) is 5.39. The lowest BCUT2D eigenvalue weighted by atomic mass is 10.1. The first-order valence-corrected chi connectivity index (χ1v) is 8.76. The molecular formula is C11H25NO2Si. The van der Waals surface area contributed by atoms with Gasteiger partial charge < -0.3 is 14.9 Å². The Morgan fingerprint density at radius 2 is 1.80 bits per heavy atom. The summed E-state index contributed by atoms with van der Waals surface area (Å²) in [4.78, 5) is 0. The van der Waals surface area contributed by atoms with Gasteiger partial charge in [-0.25, -0.2) is 0 Å². The first-order chi connectivity index (χ1) is 6.60. The molecule has 0 rings (SSSR count). The van der Waals surface area contributed by atoms with E-state index in [0.717, 1.165) is 5.76 Å². The van der Waals surface area contributed by atoms with E-state index in [1.54, 1.807) is 0 Å². The highest BCUT2D eigenvalue weighted by atomic mass is 28.4. The van der Waals surface area contributed by atoms with Crippen molar-refractivity contribution in [2.75, 3.05) is 13.2 Å². The van der Waals surface area contributed by atoms with Crippen molar-refractivity contribution in [2.45, 2.75) is 46.0 Å². The van der Waals surface area contributed by atoms with Crippen LogP contribution in [-0.2, 0) is 9.16 Å². The van der Waals surface area contributed by atoms with Gasteiger partial charge in [-0.05, 0) is 46.5 Å². The standard InChI is InChI=1S/C11H25NO2Si/c1-10(9-11(2,3)12)13-7-8-14-15(4,5)6/h9H,7-8,12H2,1-6H3. The molecule has 0 spiro atoms. The Morgan fingerprint density at radius 3 is 2.20 bits per heavy atom. The first-order valence-electron chi connectivity index (χ1n) is 5.35. The average Bonchev–Trinajstić information content (AvgIpc) is 1.92. The lowest BCUT2D eigenvalue weighted by Crippen LogP contribution is -2.30. The monoisotopic (exact) mass is 231 g/mol. The summed E-state index contributed by atoms with van der Waals surface area (Å²) in [6.07, 6.45) is 1.92. The minimum atomic E-state index is -1.40. The molecule has 0 heterocycles. The number of hydrogen-bond donors (Lipinski definition) is 1. The summed E-state index contributed by atoms with van der Waals surface area (Å²) < 4.78 is 11.2. The zero-order valence-corrected chi connectivity index (χ0v) is 11.9. The van der Waals surface area contributed by atoms with E-state index in [1.807, 2.05) is 26.8 Å². The molecule has 0 aliphatic carbocycles. The zero-order chi connectivity index (χ0) is 12.1. The maximum Gasteiger partial charge on any atom is 0.183 e. The lowest BCUT2D eigenvalue weighted by molar-refractivity contribution is 0.152. The summed E-state index contributed by atoms with van der Waals surface area (Å²) in [5.41, 5.74) is 5.51. The van der Waals surface area contributed by atoms with Gasteiger partial charge in [0.05, 0.1) is 12.4 Å². The molecule has 0 aliphatic heterocycles. The molecule has 0 bridgehead atoms. The highest BCUT2D eigenvalue weighted by Crippen LogP contribution is 2.06. The van der Waals surface area contributed by atoms with Crippen LogP contribution in [0.15, 0.2) is 11.8 Å². The van der Waals surface area contributed by atoms with Crippen molar-refractivity contribution in [3.8, 4) is 0 Å². The van der Waals surface area contributed by atoms with Crippen LogP contribution in [0.25, 0.3) is 0 Å². The minimum Gasteiger partial charge on any atom is -0.496 e. The maximum atomic E-state index is 5.83. The van der Waals surface area contributed by atoms with Crippen molar-refractivity contribution >= 4 is 8.32 Å². The molecule has 90 valence electrons. The molecule has 2 N–H and O–H groups in total. The van der Waals surface area contributed by atoms with Crippen LogP contribution in [0.2, 0.25) is 19.6 Å². The van der Waals surface area contributed by atoms with Crippen LogP contribution >= 0.6 is 0 Å². The topological polar surface area (TPSA) is 44.5 Å². The predicted octanol–water partition coefficient (Wildman–Crippen LogP) is 2.50. The van der Waals surface area contributed by atoms with Gasteiger partial charge >= 0.3 is 0 Å². The van der Waals surface area contributed by atoms with Crippen molar-refractivity contribution in [3.63, 3.8) is 0 Å². The second kappa shape index (κ2) is 5.68. The smallest absolute Gasteiger partial charge is 0.183 e. The molecule has 0 aromatic rings. The molecule has 0 aromatic heterocycles. The van der Waals surface area contributed by atoms with Crippen molar-refractivity contribution in [3.05, 3.63) is 11.8 Å². The highest BCUT2D eigenvalue weighted by Gasteiger charge is 2.13. The van der Waals surface area contributed by atoms with E-state index in [1.165, 1.54) is 0 Å². The largest absolute Gasteiger partial charge is 0.496 e. The van der Waals surface area contributed by atoms with E-state index in [2.05, 4.69) is 19.6 Å². The maximum absolute atomic E-state index is 5.83. The highest BCUT2D eigenvalue weighted by molar-refractivity contribution is 6.69. The molecule has 0 fully saturated rings. The fraction of sp³-hybridized carbons (Fsp3) is 0.818. The third kappa shape index (κ3) is 11.6. The molecule has 0 saturated carbocycles. The van der Waals surface area contributed by atoms with Gasteiger partial charge in [-0.15, -0.1) is 0 Å². The van der Waals surface area contributed by atoms with E-state index in [0.29, 0.717) is 13.2 Å². The number of nitrogens with two attached hydrogens (primary N) is 1. The number of rotatable bonds is 6. The van der Waals surface area contributed by atoms with Crippen LogP contribution in [0.3, 0.4) is 0 Å². The van der Waals surface area contributed by atoms with Crippen LogP contribution in [0.1, 0.15) is 20.8 Å². The molecule has 0 saturated heterocycles. The fourth-order valence-electron chi connectivity index (χ4n) is 1.12. The SMILES string of the molecule is CC(=CC(C)(C)N)OCCO[Si](C)(C)C. The van der Waals surface area contributed by atoms with E-state index in [9.17, 15) is 0 Å². The molecule has 0 radical (unpaired) electrons. The second-order valence-corrected chi connectivity index (χ2v) is 9.90. The summed E-state index contributed by atoms with van der Waals surface area (Å²) >= 11 is 0. The van der Waals surface area contributed by atoms with Gasteiger partial charge in [0.2, 0.25) is 0 Å². The van der Waals surface area contributed by atoms with Gasteiger partial charge in [0.15, 0.2) is 8.32 Å².